The Morgan fingerprint density at radius 2 is 1.90 bits per heavy atom. The lowest BCUT2D eigenvalue weighted by molar-refractivity contribution is -0.147. The second-order valence-electron chi connectivity index (χ2n) is 5.85. The lowest BCUT2D eigenvalue weighted by Crippen LogP contribution is -2.21. The number of anilines is 1. The van der Waals surface area contributed by atoms with Crippen molar-refractivity contribution >= 4 is 29.2 Å². The number of halogens is 3. The number of nitrogens with one attached hydrogen (secondary N) is 1. The Kier molecular flexibility index (Phi) is 6.50. The van der Waals surface area contributed by atoms with Crippen LogP contribution >= 0.6 is 11.6 Å². The predicted molar refractivity (Wildman–Crippen MR) is 99.0 cm³/mol. The topological polar surface area (TPSA) is 94.3 Å². The van der Waals surface area contributed by atoms with Gasteiger partial charge in [-0.05, 0) is 42.5 Å². The highest BCUT2D eigenvalue weighted by Gasteiger charge is 2.14. The third-order valence-corrected chi connectivity index (χ3v) is 3.92. The van der Waals surface area contributed by atoms with Gasteiger partial charge in [-0.1, -0.05) is 16.8 Å². The van der Waals surface area contributed by atoms with Crippen LogP contribution in [-0.4, -0.2) is 28.6 Å². The summed E-state index contributed by atoms with van der Waals surface area (Å²) in [6, 6.07) is 9.22. The molecule has 150 valence electrons. The molecule has 0 spiro atoms. The van der Waals surface area contributed by atoms with E-state index in [4.69, 9.17) is 20.9 Å². The van der Waals surface area contributed by atoms with Gasteiger partial charge < -0.3 is 14.6 Å². The minimum Gasteiger partial charge on any atom is -0.456 e. The number of hydrogen-bond donors (Lipinski definition) is 1. The number of amides is 1. The summed E-state index contributed by atoms with van der Waals surface area (Å²) in [5.41, 5.74) is 0.451. The minimum absolute atomic E-state index is 0.0948. The number of carbonyl (C=O) groups is 2. The van der Waals surface area contributed by atoms with Crippen LogP contribution in [0.15, 0.2) is 47.0 Å². The van der Waals surface area contributed by atoms with Crippen molar-refractivity contribution in [3.63, 3.8) is 0 Å². The molecule has 1 amide bonds. The second-order valence-corrected chi connectivity index (χ2v) is 6.29. The summed E-state index contributed by atoms with van der Waals surface area (Å²) in [6.45, 7) is -0.588. The minimum atomic E-state index is -0.712. The number of aromatic nitrogens is 2. The number of carbonyl (C=O) groups excluding carboxylic acids is 2. The van der Waals surface area contributed by atoms with E-state index >= 15 is 0 Å². The van der Waals surface area contributed by atoms with E-state index in [0.717, 1.165) is 6.07 Å². The van der Waals surface area contributed by atoms with Crippen LogP contribution in [0.3, 0.4) is 0 Å². The van der Waals surface area contributed by atoms with Gasteiger partial charge in [-0.25, -0.2) is 8.78 Å². The van der Waals surface area contributed by atoms with Crippen molar-refractivity contribution in [2.24, 2.45) is 0 Å². The molecule has 2 aromatic carbocycles. The highest BCUT2D eigenvalue weighted by atomic mass is 35.5. The Labute approximate surface area is 168 Å². The van der Waals surface area contributed by atoms with Gasteiger partial charge in [-0.3, -0.25) is 9.59 Å². The molecule has 0 unspecified atom stereocenters. The van der Waals surface area contributed by atoms with Crippen LogP contribution in [0.5, 0.6) is 0 Å². The van der Waals surface area contributed by atoms with Gasteiger partial charge in [0.15, 0.2) is 6.61 Å². The van der Waals surface area contributed by atoms with Crippen molar-refractivity contribution in [1.29, 1.82) is 0 Å². The molecule has 0 fully saturated rings. The number of aryl methyl sites for hydroxylation is 1. The molecule has 0 aliphatic heterocycles. The zero-order valence-electron chi connectivity index (χ0n) is 14.8. The molecule has 0 saturated heterocycles. The first-order valence-electron chi connectivity index (χ1n) is 8.40. The maximum atomic E-state index is 13.6. The van der Waals surface area contributed by atoms with Gasteiger partial charge in [0.05, 0.1) is 12.1 Å². The molecule has 7 nitrogen and oxygen atoms in total. The lowest BCUT2D eigenvalue weighted by atomic mass is 10.2. The van der Waals surface area contributed by atoms with E-state index in [2.05, 4.69) is 15.5 Å². The van der Waals surface area contributed by atoms with Gasteiger partial charge in [-0.15, -0.1) is 0 Å². The molecule has 10 heteroatoms. The highest BCUT2D eigenvalue weighted by Crippen LogP contribution is 2.19. The lowest BCUT2D eigenvalue weighted by Gasteiger charge is -2.07. The normalized spacial score (nSPS) is 10.6. The summed E-state index contributed by atoms with van der Waals surface area (Å²) < 4.78 is 36.4. The molecule has 1 heterocycles. The van der Waals surface area contributed by atoms with Crippen molar-refractivity contribution in [2.45, 2.75) is 12.8 Å². The average molecular weight is 422 g/mol. The third-order valence-electron chi connectivity index (χ3n) is 3.68. The number of esters is 1. The van der Waals surface area contributed by atoms with Crippen molar-refractivity contribution in [1.82, 2.24) is 10.1 Å². The molecule has 1 aromatic heterocycles. The van der Waals surface area contributed by atoms with Crippen LogP contribution < -0.4 is 5.32 Å². The molecule has 3 aromatic rings. The maximum Gasteiger partial charge on any atom is 0.306 e. The number of benzene rings is 2. The largest absolute Gasteiger partial charge is 0.456 e. The van der Waals surface area contributed by atoms with Gasteiger partial charge >= 0.3 is 5.97 Å². The first kappa shape index (κ1) is 20.4. The summed E-state index contributed by atoms with van der Waals surface area (Å²) >= 11 is 5.74. The summed E-state index contributed by atoms with van der Waals surface area (Å²) in [5, 5.41) is 6.27. The van der Waals surface area contributed by atoms with Gasteiger partial charge in [-0.2, -0.15) is 4.98 Å². The predicted octanol–water partition coefficient (Wildman–Crippen LogP) is 3.78. The molecular formula is C19H14ClF2N3O4. The maximum absolute atomic E-state index is 13.6. The molecule has 29 heavy (non-hydrogen) atoms. The van der Waals surface area contributed by atoms with Crippen LogP contribution in [0.1, 0.15) is 12.3 Å². The van der Waals surface area contributed by atoms with Crippen LogP contribution in [-0.2, 0) is 20.7 Å². The third kappa shape index (κ3) is 5.82. The SMILES string of the molecule is O=C(COC(=O)CCc1nc(-c2ccc(F)cc2)no1)Nc1cc(Cl)ccc1F. The molecular weight excluding hydrogens is 408 g/mol. The quantitative estimate of drug-likeness (QED) is 0.583. The van der Waals surface area contributed by atoms with E-state index < -0.39 is 24.3 Å². The molecule has 0 saturated carbocycles. The average Bonchev–Trinajstić information content (AvgIpc) is 3.17. The van der Waals surface area contributed by atoms with Crippen molar-refractivity contribution in [3.05, 3.63) is 65.0 Å². The molecule has 0 aliphatic rings. The summed E-state index contributed by atoms with van der Waals surface area (Å²) in [4.78, 5) is 27.7. The molecule has 3 rings (SSSR count). The van der Waals surface area contributed by atoms with E-state index in [1.807, 2.05) is 0 Å². The van der Waals surface area contributed by atoms with Gasteiger partial charge in [0.25, 0.3) is 5.91 Å². The molecule has 0 radical (unpaired) electrons. The van der Waals surface area contributed by atoms with Crippen molar-refractivity contribution in [3.8, 4) is 11.4 Å². The van der Waals surface area contributed by atoms with E-state index in [0.29, 0.717) is 5.56 Å². The first-order valence-corrected chi connectivity index (χ1v) is 8.77. The zero-order valence-corrected chi connectivity index (χ0v) is 15.6. The summed E-state index contributed by atoms with van der Waals surface area (Å²) in [5.74, 6) is -1.99. The first-order chi connectivity index (χ1) is 13.9. The number of nitrogens with zero attached hydrogens (tertiary/aromatic N) is 2. The Balaban J connectivity index is 1.45. The summed E-state index contributed by atoms with van der Waals surface area (Å²) in [7, 11) is 0. The van der Waals surface area contributed by atoms with Gasteiger partial charge in [0.2, 0.25) is 11.7 Å². The number of ether oxygens (including phenoxy) is 1. The Hall–Kier alpha value is -3.33. The van der Waals surface area contributed by atoms with Crippen LogP contribution in [0, 0.1) is 11.6 Å². The van der Waals surface area contributed by atoms with E-state index in [1.165, 1.54) is 36.4 Å². The molecule has 0 aliphatic carbocycles. The van der Waals surface area contributed by atoms with E-state index in [-0.39, 0.29) is 41.1 Å². The van der Waals surface area contributed by atoms with Gasteiger partial charge in [0, 0.05) is 17.0 Å². The standard InChI is InChI=1S/C19H14ClF2N3O4/c20-12-3-6-14(22)15(9-12)23-16(26)10-28-18(27)8-7-17-24-19(25-29-17)11-1-4-13(21)5-2-11/h1-6,9H,7-8,10H2,(H,23,26). The molecule has 0 atom stereocenters. The van der Waals surface area contributed by atoms with Crippen LogP contribution in [0.25, 0.3) is 11.4 Å². The number of hydrogen-bond acceptors (Lipinski definition) is 6. The smallest absolute Gasteiger partial charge is 0.306 e. The fraction of sp³-hybridized carbons (Fsp3) is 0.158. The van der Waals surface area contributed by atoms with E-state index in [9.17, 15) is 18.4 Å². The Morgan fingerprint density at radius 3 is 2.66 bits per heavy atom. The zero-order chi connectivity index (χ0) is 20.8. The van der Waals surface area contributed by atoms with Crippen LogP contribution in [0.4, 0.5) is 14.5 Å². The van der Waals surface area contributed by atoms with Gasteiger partial charge in [0.1, 0.15) is 11.6 Å². The second kappa shape index (κ2) is 9.24. The molecule has 1 N–H and O–H groups in total. The monoisotopic (exact) mass is 421 g/mol. The van der Waals surface area contributed by atoms with Crippen molar-refractivity contribution in [2.75, 3.05) is 11.9 Å². The highest BCUT2D eigenvalue weighted by molar-refractivity contribution is 6.30. The Morgan fingerprint density at radius 1 is 1.14 bits per heavy atom. The fourth-order valence-corrected chi connectivity index (χ4v) is 2.45. The van der Waals surface area contributed by atoms with E-state index in [1.54, 1.807) is 0 Å². The number of rotatable bonds is 7. The van der Waals surface area contributed by atoms with Crippen molar-refractivity contribution < 1.29 is 27.6 Å². The Bertz CT molecular complexity index is 1020. The molecule has 0 bridgehead atoms. The fourth-order valence-electron chi connectivity index (χ4n) is 2.28. The summed E-state index contributed by atoms with van der Waals surface area (Å²) in [6.07, 6.45) is -0.0125. The van der Waals surface area contributed by atoms with Crippen LogP contribution in [0.2, 0.25) is 5.02 Å².